The Bertz CT molecular complexity index is 1010. The van der Waals surface area contributed by atoms with E-state index >= 15 is 0 Å². The van der Waals surface area contributed by atoms with Gasteiger partial charge in [0.25, 0.3) is 0 Å². The Morgan fingerprint density at radius 2 is 1.95 bits per heavy atom. The first kappa shape index (κ1) is 35.1. The van der Waals surface area contributed by atoms with E-state index in [1.54, 1.807) is 18.4 Å². The van der Waals surface area contributed by atoms with Crippen LogP contribution < -0.4 is 22.1 Å². The van der Waals surface area contributed by atoms with Crippen molar-refractivity contribution in [1.29, 1.82) is 5.26 Å². The number of nitrogens with zero attached hydrogens (tertiary/aromatic N) is 3. The Labute approximate surface area is 235 Å². The number of carbonyl (C=O) groups is 1. The van der Waals surface area contributed by atoms with Crippen molar-refractivity contribution in [3.63, 3.8) is 0 Å². The quantitative estimate of drug-likeness (QED) is 0.116. The number of benzene rings is 1. The molecule has 3 rings (SSSR count). The van der Waals surface area contributed by atoms with Gasteiger partial charge in [-0.05, 0) is 57.5 Å². The van der Waals surface area contributed by atoms with Gasteiger partial charge < -0.3 is 27.2 Å². The molecule has 2 aromatic rings. The maximum atomic E-state index is 8.62. The number of anilines is 1. The van der Waals surface area contributed by atoms with E-state index in [4.69, 9.17) is 25.9 Å². The molecule has 1 fully saturated rings. The number of hydrogen-bond acceptors (Lipinski definition) is 9. The number of carbonyl (C=O) groups excluding carboxylic acids is 1. The SMILES string of the molecule is CC.CC/C=C(\N=C(N)c1ccc(NCCC#N)cc1)C1(Sc2nc(C)cs2)CC1.CNCCO.NC=O. The van der Waals surface area contributed by atoms with Crippen LogP contribution >= 0.6 is 23.1 Å². The Hall–Kier alpha value is -2.91. The van der Waals surface area contributed by atoms with Gasteiger partial charge in [-0.15, -0.1) is 11.3 Å². The molecule has 1 saturated carbocycles. The van der Waals surface area contributed by atoms with Gasteiger partial charge in [0.15, 0.2) is 4.34 Å². The summed E-state index contributed by atoms with van der Waals surface area (Å²) >= 11 is 3.51. The lowest BCUT2D eigenvalue weighted by atomic mass is 10.1. The van der Waals surface area contributed by atoms with E-state index in [9.17, 15) is 0 Å². The summed E-state index contributed by atoms with van der Waals surface area (Å²) in [6.45, 7) is 9.72. The Morgan fingerprint density at radius 3 is 2.37 bits per heavy atom. The van der Waals surface area contributed by atoms with Gasteiger partial charge in [0.1, 0.15) is 5.84 Å². The summed E-state index contributed by atoms with van der Waals surface area (Å²) in [5.41, 5.74) is 14.5. The molecule has 9 nitrogen and oxygen atoms in total. The zero-order valence-electron chi connectivity index (χ0n) is 23.2. The number of rotatable bonds is 11. The predicted molar refractivity (Wildman–Crippen MR) is 162 cm³/mol. The fourth-order valence-corrected chi connectivity index (χ4v) is 5.32. The Morgan fingerprint density at radius 1 is 1.32 bits per heavy atom. The number of likely N-dealkylation sites (N-methyl/N-ethyl adjacent to an activating group) is 1. The van der Waals surface area contributed by atoms with E-state index in [0.29, 0.717) is 25.3 Å². The molecule has 1 amide bonds. The number of amidine groups is 1. The van der Waals surface area contributed by atoms with E-state index in [1.165, 1.54) is 0 Å². The minimum Gasteiger partial charge on any atom is -0.395 e. The number of nitrogens with two attached hydrogens (primary N) is 2. The molecular formula is C27H43N7O2S2. The third kappa shape index (κ3) is 13.6. The highest BCUT2D eigenvalue weighted by Gasteiger charge is 2.48. The van der Waals surface area contributed by atoms with E-state index in [1.807, 2.05) is 56.8 Å². The molecule has 7 N–H and O–H groups in total. The van der Waals surface area contributed by atoms with Crippen LogP contribution in [0, 0.1) is 18.3 Å². The highest BCUT2D eigenvalue weighted by Crippen LogP contribution is 2.57. The second-order valence-corrected chi connectivity index (χ2v) is 10.2. The van der Waals surface area contributed by atoms with Crippen LogP contribution in [-0.4, -0.2) is 53.8 Å². The van der Waals surface area contributed by atoms with Crippen molar-refractivity contribution in [2.24, 2.45) is 16.5 Å². The molecule has 0 unspecified atom stereocenters. The Kier molecular flexibility index (Phi) is 19.5. The number of amides is 1. The molecule has 1 aromatic heterocycles. The van der Waals surface area contributed by atoms with Crippen molar-refractivity contribution in [1.82, 2.24) is 10.3 Å². The second-order valence-electron chi connectivity index (χ2n) is 7.72. The third-order valence-corrected chi connectivity index (χ3v) is 7.36. The predicted octanol–water partition coefficient (Wildman–Crippen LogP) is 4.43. The van der Waals surface area contributed by atoms with Crippen LogP contribution in [0.15, 0.2) is 50.8 Å². The minimum atomic E-state index is 0.00368. The number of aliphatic imine (C=N–C) groups is 1. The molecule has 1 aliphatic carbocycles. The standard InChI is InChI=1S/C21H25N5S2.C3H9NO.C2H6.CH3NO/c1-3-5-18(21(10-11-21)28-20-25-15(2)14-27-20)26-19(23)16-6-8-17(9-7-16)24-13-4-12-22;1-4-2-3-5;1-2;2-1-3/h5-9,14,24H,3-4,10-11,13H2,1-2H3,(H2,23,26);4-5H,2-3H2,1H3;1-2H3;1H,(H2,2,3)/b18-5-;;;. The smallest absolute Gasteiger partial charge is 0.204 e. The van der Waals surface area contributed by atoms with Crippen molar-refractivity contribution >= 4 is 41.0 Å². The monoisotopic (exact) mass is 561 g/mol. The number of thioether (sulfide) groups is 1. The summed E-state index contributed by atoms with van der Waals surface area (Å²) in [6, 6.07) is 10.00. The van der Waals surface area contributed by atoms with Crippen LogP contribution in [0.2, 0.25) is 0 Å². The number of aliphatic hydroxyl groups excluding tert-OH is 1. The highest BCUT2D eigenvalue weighted by atomic mass is 32.2. The third-order valence-electron chi connectivity index (χ3n) is 4.80. The fraction of sp³-hybridized carbons (Fsp3) is 0.481. The minimum absolute atomic E-state index is 0.00368. The van der Waals surface area contributed by atoms with Gasteiger partial charge in [0.2, 0.25) is 6.41 Å². The largest absolute Gasteiger partial charge is 0.395 e. The van der Waals surface area contributed by atoms with Gasteiger partial charge >= 0.3 is 0 Å². The number of nitrogens with one attached hydrogen (secondary N) is 2. The number of allylic oxidation sites excluding steroid dienone is 1. The maximum Gasteiger partial charge on any atom is 0.204 e. The van der Waals surface area contributed by atoms with Crippen molar-refractivity contribution in [2.75, 3.05) is 32.1 Å². The van der Waals surface area contributed by atoms with Gasteiger partial charge in [-0.25, -0.2) is 9.98 Å². The van der Waals surface area contributed by atoms with Crippen molar-refractivity contribution in [2.45, 2.75) is 62.5 Å². The number of aryl methyl sites for hydroxylation is 1. The van der Waals surface area contributed by atoms with Crippen LogP contribution in [0.4, 0.5) is 5.69 Å². The fourth-order valence-electron chi connectivity index (χ4n) is 2.92. The molecule has 0 spiro atoms. The average molecular weight is 562 g/mol. The number of aromatic nitrogens is 1. The highest BCUT2D eigenvalue weighted by molar-refractivity contribution is 8.02. The summed E-state index contributed by atoms with van der Waals surface area (Å²) in [5, 5.41) is 24.7. The van der Waals surface area contributed by atoms with E-state index in [2.05, 4.69) is 45.8 Å². The molecule has 38 heavy (non-hydrogen) atoms. The topological polar surface area (TPSA) is 162 Å². The van der Waals surface area contributed by atoms with Gasteiger partial charge in [0, 0.05) is 35.4 Å². The van der Waals surface area contributed by atoms with Crippen LogP contribution in [0.25, 0.3) is 0 Å². The van der Waals surface area contributed by atoms with Crippen molar-refractivity contribution < 1.29 is 9.90 Å². The molecule has 0 aliphatic heterocycles. The van der Waals surface area contributed by atoms with Gasteiger partial charge in [-0.3, -0.25) is 4.79 Å². The molecule has 0 bridgehead atoms. The zero-order chi connectivity index (χ0) is 28.8. The van der Waals surface area contributed by atoms with Gasteiger partial charge in [-0.1, -0.05) is 38.6 Å². The van der Waals surface area contributed by atoms with E-state index in [-0.39, 0.29) is 17.8 Å². The summed E-state index contributed by atoms with van der Waals surface area (Å²) in [4.78, 5) is 18.0. The summed E-state index contributed by atoms with van der Waals surface area (Å²) < 4.78 is 1.10. The lowest BCUT2D eigenvalue weighted by Gasteiger charge is -2.15. The first-order chi connectivity index (χ1) is 18.4. The molecule has 1 aliphatic rings. The first-order valence-corrected chi connectivity index (χ1v) is 14.4. The number of aliphatic hydroxyl groups is 1. The van der Waals surface area contributed by atoms with E-state index < -0.39 is 0 Å². The van der Waals surface area contributed by atoms with Crippen LogP contribution in [-0.2, 0) is 4.79 Å². The van der Waals surface area contributed by atoms with E-state index in [0.717, 1.165) is 46.2 Å². The van der Waals surface area contributed by atoms with Crippen LogP contribution in [0.3, 0.4) is 0 Å². The first-order valence-electron chi connectivity index (χ1n) is 12.7. The van der Waals surface area contributed by atoms with Crippen molar-refractivity contribution in [3.05, 3.63) is 52.7 Å². The molecule has 1 aromatic carbocycles. The number of hydrogen-bond donors (Lipinski definition) is 5. The molecule has 210 valence electrons. The molecule has 1 heterocycles. The van der Waals surface area contributed by atoms with Gasteiger partial charge in [-0.2, -0.15) is 5.26 Å². The molecule has 0 saturated heterocycles. The average Bonchev–Trinajstić information content (AvgIpc) is 3.59. The summed E-state index contributed by atoms with van der Waals surface area (Å²) in [5.74, 6) is 0.533. The lowest BCUT2D eigenvalue weighted by Crippen LogP contribution is -2.17. The van der Waals surface area contributed by atoms with Crippen LogP contribution in [0.5, 0.6) is 0 Å². The van der Waals surface area contributed by atoms with Crippen LogP contribution in [0.1, 0.15) is 57.7 Å². The normalized spacial score (nSPS) is 13.3. The molecule has 0 radical (unpaired) electrons. The lowest BCUT2D eigenvalue weighted by molar-refractivity contribution is -0.106. The zero-order valence-corrected chi connectivity index (χ0v) is 24.8. The Balaban J connectivity index is 0.00000119. The molecule has 11 heteroatoms. The number of primary amides is 1. The summed E-state index contributed by atoms with van der Waals surface area (Å²) in [7, 11) is 1.80. The van der Waals surface area contributed by atoms with Gasteiger partial charge in [0.05, 0.1) is 29.5 Å². The molecular weight excluding hydrogens is 518 g/mol. The number of thiazole rings is 1. The maximum absolute atomic E-state index is 8.62. The second kappa shape index (κ2) is 21.1. The molecule has 0 atom stereocenters. The number of nitriles is 1. The summed E-state index contributed by atoms with van der Waals surface area (Å²) in [6.07, 6.45) is 6.04. The van der Waals surface area contributed by atoms with Crippen molar-refractivity contribution in [3.8, 4) is 6.07 Å².